The molecule has 144 valence electrons. The minimum absolute atomic E-state index is 0.211. The Bertz CT molecular complexity index is 1120. The Morgan fingerprint density at radius 1 is 0.724 bits per heavy atom. The lowest BCUT2D eigenvalue weighted by molar-refractivity contribution is 0.0468. The number of halogens is 1. The summed E-state index contributed by atoms with van der Waals surface area (Å²) in [5.74, 6) is 0.120. The Morgan fingerprint density at radius 3 is 1.93 bits per heavy atom. The van der Waals surface area contributed by atoms with Crippen LogP contribution in [0.15, 0.2) is 95.5 Å². The van der Waals surface area contributed by atoms with Crippen LogP contribution in [0, 0.1) is 0 Å². The predicted octanol–water partition coefficient (Wildman–Crippen LogP) is 6.54. The van der Waals surface area contributed by atoms with Gasteiger partial charge in [-0.1, -0.05) is 101 Å². The second kappa shape index (κ2) is 8.93. The summed E-state index contributed by atoms with van der Waals surface area (Å²) >= 11 is 3.58. The topological polar surface area (TPSA) is 35.5 Å². The molecule has 29 heavy (non-hydrogen) atoms. The second-order valence-electron chi connectivity index (χ2n) is 6.62. The molecule has 0 aliphatic carbocycles. The summed E-state index contributed by atoms with van der Waals surface area (Å²) < 4.78 is 12.5. The Balaban J connectivity index is 1.66. The lowest BCUT2D eigenvalue weighted by Crippen LogP contribution is -2.09. The maximum atomic E-state index is 12.9. The molecule has 0 spiro atoms. The monoisotopic (exact) mass is 446 g/mol. The molecule has 4 rings (SSSR count). The van der Waals surface area contributed by atoms with Crippen LogP contribution in [0.2, 0.25) is 0 Å². The van der Waals surface area contributed by atoms with Crippen molar-refractivity contribution < 1.29 is 14.3 Å². The van der Waals surface area contributed by atoms with Crippen molar-refractivity contribution in [2.45, 2.75) is 13.2 Å². The van der Waals surface area contributed by atoms with Crippen molar-refractivity contribution in [3.63, 3.8) is 0 Å². The van der Waals surface area contributed by atoms with Crippen LogP contribution >= 0.6 is 15.9 Å². The van der Waals surface area contributed by atoms with Gasteiger partial charge in [0.05, 0.1) is 0 Å². The van der Waals surface area contributed by atoms with Crippen molar-refractivity contribution in [2.75, 3.05) is 0 Å². The van der Waals surface area contributed by atoms with Crippen LogP contribution in [0.3, 0.4) is 0 Å². The first-order valence-electron chi connectivity index (χ1n) is 9.31. The predicted molar refractivity (Wildman–Crippen MR) is 118 cm³/mol. The molecule has 0 amide bonds. The molecule has 0 unspecified atom stereocenters. The van der Waals surface area contributed by atoms with Crippen molar-refractivity contribution >= 4 is 32.7 Å². The second-order valence-corrected chi connectivity index (χ2v) is 7.47. The van der Waals surface area contributed by atoms with Crippen LogP contribution in [-0.4, -0.2) is 5.97 Å². The fourth-order valence-corrected chi connectivity index (χ4v) is 3.72. The van der Waals surface area contributed by atoms with Gasteiger partial charge in [-0.3, -0.25) is 0 Å². The normalized spacial score (nSPS) is 10.7. The van der Waals surface area contributed by atoms with E-state index >= 15 is 0 Å². The van der Waals surface area contributed by atoms with Crippen LogP contribution in [0.25, 0.3) is 10.8 Å². The highest BCUT2D eigenvalue weighted by molar-refractivity contribution is 9.10. The van der Waals surface area contributed by atoms with E-state index in [9.17, 15) is 4.79 Å². The maximum Gasteiger partial charge on any atom is 0.342 e. The van der Waals surface area contributed by atoms with Gasteiger partial charge in [-0.25, -0.2) is 4.79 Å². The molecule has 3 nitrogen and oxygen atoms in total. The molecule has 4 aromatic rings. The highest BCUT2D eigenvalue weighted by Crippen LogP contribution is 2.36. The minimum Gasteiger partial charge on any atom is -0.487 e. The fourth-order valence-electron chi connectivity index (χ4n) is 3.14. The molecule has 0 aliphatic rings. The Kier molecular flexibility index (Phi) is 5.92. The van der Waals surface area contributed by atoms with Crippen molar-refractivity contribution in [2.24, 2.45) is 0 Å². The van der Waals surface area contributed by atoms with Gasteiger partial charge in [-0.15, -0.1) is 0 Å². The van der Waals surface area contributed by atoms with Gasteiger partial charge in [0.25, 0.3) is 0 Å². The largest absolute Gasteiger partial charge is 0.487 e. The summed E-state index contributed by atoms with van der Waals surface area (Å²) in [5, 5.41) is 1.85. The molecular weight excluding hydrogens is 428 g/mol. The smallest absolute Gasteiger partial charge is 0.342 e. The number of rotatable bonds is 6. The van der Waals surface area contributed by atoms with E-state index in [4.69, 9.17) is 9.47 Å². The van der Waals surface area contributed by atoms with E-state index < -0.39 is 5.97 Å². The van der Waals surface area contributed by atoms with E-state index in [1.54, 1.807) is 6.07 Å². The molecule has 4 heteroatoms. The van der Waals surface area contributed by atoms with Crippen molar-refractivity contribution in [1.82, 2.24) is 0 Å². The molecule has 4 aromatic carbocycles. The summed E-state index contributed by atoms with van der Waals surface area (Å²) in [7, 11) is 0. The van der Waals surface area contributed by atoms with E-state index in [0.29, 0.717) is 17.9 Å². The van der Waals surface area contributed by atoms with Gasteiger partial charge in [0, 0.05) is 9.86 Å². The standard InChI is InChI=1S/C25H19BrO3/c26-23-15-22(25(27)29-17-19-11-5-2-6-12-19)24(21-14-8-7-13-20(21)23)28-16-18-9-3-1-4-10-18/h1-15H,16-17H2. The molecule has 0 fully saturated rings. The van der Waals surface area contributed by atoms with Crippen LogP contribution in [0.5, 0.6) is 5.75 Å². The zero-order valence-electron chi connectivity index (χ0n) is 15.7. The van der Waals surface area contributed by atoms with E-state index in [-0.39, 0.29) is 6.61 Å². The lowest BCUT2D eigenvalue weighted by Gasteiger charge is -2.15. The number of hydrogen-bond donors (Lipinski definition) is 0. The molecule has 0 aliphatic heterocycles. The summed E-state index contributed by atoms with van der Waals surface area (Å²) in [6, 6.07) is 29.1. The molecule has 0 N–H and O–H groups in total. The number of esters is 1. The van der Waals surface area contributed by atoms with Gasteiger partial charge in [0.15, 0.2) is 0 Å². The van der Waals surface area contributed by atoms with Crippen molar-refractivity contribution in [3.8, 4) is 5.75 Å². The van der Waals surface area contributed by atoms with Crippen LogP contribution in [0.1, 0.15) is 21.5 Å². The molecule has 0 saturated carbocycles. The summed E-state index contributed by atoms with van der Waals surface area (Å²) in [6.45, 7) is 0.577. The summed E-state index contributed by atoms with van der Waals surface area (Å²) in [6.07, 6.45) is 0. The van der Waals surface area contributed by atoms with Crippen molar-refractivity contribution in [1.29, 1.82) is 0 Å². The first-order chi connectivity index (χ1) is 14.2. The lowest BCUT2D eigenvalue weighted by atomic mass is 10.0. The van der Waals surface area contributed by atoms with Gasteiger partial charge in [0.2, 0.25) is 0 Å². The third kappa shape index (κ3) is 4.49. The molecule has 0 heterocycles. The number of hydrogen-bond acceptors (Lipinski definition) is 3. The first kappa shape index (κ1) is 19.2. The number of fused-ring (bicyclic) bond motifs is 1. The van der Waals surface area contributed by atoms with E-state index in [1.165, 1.54) is 0 Å². The third-order valence-corrected chi connectivity index (χ3v) is 5.26. The van der Waals surface area contributed by atoms with Gasteiger partial charge in [-0.2, -0.15) is 0 Å². The SMILES string of the molecule is O=C(OCc1ccccc1)c1cc(Br)c2ccccc2c1OCc1ccccc1. The molecule has 0 aromatic heterocycles. The maximum absolute atomic E-state index is 12.9. The van der Waals surface area contributed by atoms with E-state index in [2.05, 4.69) is 15.9 Å². The molecule has 0 atom stereocenters. The summed E-state index contributed by atoms with van der Waals surface area (Å²) in [4.78, 5) is 12.9. The molecular formula is C25H19BrO3. The number of carbonyl (C=O) groups excluding carboxylic acids is 1. The van der Waals surface area contributed by atoms with Gasteiger partial charge >= 0.3 is 5.97 Å². The quantitative estimate of drug-likeness (QED) is 0.315. The van der Waals surface area contributed by atoms with E-state index in [1.807, 2.05) is 84.9 Å². The first-order valence-corrected chi connectivity index (χ1v) is 10.1. The molecule has 0 radical (unpaired) electrons. The zero-order chi connectivity index (χ0) is 20.1. The minimum atomic E-state index is -0.414. The average molecular weight is 447 g/mol. The molecule has 0 saturated heterocycles. The zero-order valence-corrected chi connectivity index (χ0v) is 17.3. The molecule has 0 bridgehead atoms. The van der Waals surface area contributed by atoms with Gasteiger partial charge < -0.3 is 9.47 Å². The summed E-state index contributed by atoms with van der Waals surface area (Å²) in [5.41, 5.74) is 2.37. The van der Waals surface area contributed by atoms with Gasteiger partial charge in [-0.05, 0) is 22.6 Å². The van der Waals surface area contributed by atoms with Crippen molar-refractivity contribution in [3.05, 3.63) is 112 Å². The highest BCUT2D eigenvalue weighted by Gasteiger charge is 2.20. The Morgan fingerprint density at radius 2 is 1.28 bits per heavy atom. The van der Waals surface area contributed by atoms with Crippen LogP contribution in [-0.2, 0) is 18.0 Å². The number of ether oxygens (including phenoxy) is 2. The highest BCUT2D eigenvalue weighted by atomic mass is 79.9. The Hall–Kier alpha value is -3.11. The average Bonchev–Trinajstić information content (AvgIpc) is 2.78. The van der Waals surface area contributed by atoms with Crippen LogP contribution in [0.4, 0.5) is 0 Å². The van der Waals surface area contributed by atoms with Gasteiger partial charge in [0.1, 0.15) is 24.5 Å². The van der Waals surface area contributed by atoms with Crippen LogP contribution < -0.4 is 4.74 Å². The fraction of sp³-hybridized carbons (Fsp3) is 0.0800. The van der Waals surface area contributed by atoms with E-state index in [0.717, 1.165) is 26.4 Å². The number of benzene rings is 4. The third-order valence-electron chi connectivity index (χ3n) is 4.60. The number of carbonyl (C=O) groups is 1. The Labute approximate surface area is 178 Å².